The van der Waals surface area contributed by atoms with Crippen molar-refractivity contribution in [3.63, 3.8) is 0 Å². The van der Waals surface area contributed by atoms with Gasteiger partial charge in [0.05, 0.1) is 19.1 Å². The number of piperidine rings is 1. The molecule has 3 rings (SSSR count). The van der Waals surface area contributed by atoms with E-state index in [1.807, 2.05) is 12.1 Å². The van der Waals surface area contributed by atoms with Gasteiger partial charge in [0.2, 0.25) is 11.8 Å². The van der Waals surface area contributed by atoms with E-state index < -0.39 is 6.04 Å². The molecule has 1 aromatic rings. The zero-order valence-electron chi connectivity index (χ0n) is 18.4. The van der Waals surface area contributed by atoms with Crippen LogP contribution in [0.3, 0.4) is 0 Å². The summed E-state index contributed by atoms with van der Waals surface area (Å²) >= 11 is 0. The fraction of sp³-hybridized carbons (Fsp3) is 0.652. The summed E-state index contributed by atoms with van der Waals surface area (Å²) in [5.41, 5.74) is 2.42. The van der Waals surface area contributed by atoms with Gasteiger partial charge in [-0.05, 0) is 49.9 Å². The van der Waals surface area contributed by atoms with Gasteiger partial charge in [-0.25, -0.2) is 0 Å². The van der Waals surface area contributed by atoms with Crippen molar-refractivity contribution in [3.05, 3.63) is 35.4 Å². The number of aryl methyl sites for hydroxylation is 1. The number of rotatable bonds is 9. The minimum absolute atomic E-state index is 0.0337. The molecule has 2 amide bonds. The van der Waals surface area contributed by atoms with Crippen LogP contribution in [0.15, 0.2) is 24.3 Å². The van der Waals surface area contributed by atoms with Crippen LogP contribution in [0.2, 0.25) is 0 Å². The first-order valence-corrected chi connectivity index (χ1v) is 11.1. The number of nitrogens with zero attached hydrogens (tertiary/aromatic N) is 2. The Balaban J connectivity index is 1.46. The number of nitrogens with one attached hydrogen (secondary N) is 2. The maximum absolute atomic E-state index is 12.6. The molecular formula is C23H36N4O3. The fourth-order valence-corrected chi connectivity index (χ4v) is 4.32. The Morgan fingerprint density at radius 3 is 2.73 bits per heavy atom. The van der Waals surface area contributed by atoms with Crippen LogP contribution in [0, 0.1) is 12.8 Å². The summed E-state index contributed by atoms with van der Waals surface area (Å²) in [6.07, 6.45) is 2.39. The van der Waals surface area contributed by atoms with Gasteiger partial charge in [0.15, 0.2) is 0 Å². The first-order valence-electron chi connectivity index (χ1n) is 11.1. The normalized spacial score (nSPS) is 21.4. The fourth-order valence-electron chi connectivity index (χ4n) is 4.32. The highest BCUT2D eigenvalue weighted by Gasteiger charge is 2.32. The van der Waals surface area contributed by atoms with Crippen LogP contribution < -0.4 is 10.6 Å². The average molecular weight is 417 g/mol. The summed E-state index contributed by atoms with van der Waals surface area (Å²) in [5, 5.41) is 6.00. The van der Waals surface area contributed by atoms with Gasteiger partial charge in [-0.3, -0.25) is 14.5 Å². The topological polar surface area (TPSA) is 73.9 Å². The number of carbonyl (C=O) groups excluding carboxylic acids is 2. The third kappa shape index (κ3) is 6.52. The van der Waals surface area contributed by atoms with E-state index in [2.05, 4.69) is 39.5 Å². The number of hydrogen-bond donors (Lipinski definition) is 2. The van der Waals surface area contributed by atoms with Gasteiger partial charge >= 0.3 is 0 Å². The summed E-state index contributed by atoms with van der Waals surface area (Å²) < 4.78 is 5.15. The predicted octanol–water partition coefficient (Wildman–Crippen LogP) is 1.16. The van der Waals surface area contributed by atoms with E-state index in [1.54, 1.807) is 7.11 Å². The Kier molecular flexibility index (Phi) is 8.66. The molecule has 0 spiro atoms. The van der Waals surface area contributed by atoms with Gasteiger partial charge < -0.3 is 20.3 Å². The highest BCUT2D eigenvalue weighted by atomic mass is 16.5. The van der Waals surface area contributed by atoms with Crippen LogP contribution in [-0.4, -0.2) is 80.6 Å². The maximum Gasteiger partial charge on any atom is 0.237 e. The highest BCUT2D eigenvalue weighted by molar-refractivity contribution is 5.88. The van der Waals surface area contributed by atoms with Crippen molar-refractivity contribution in [1.29, 1.82) is 0 Å². The standard InChI is InChI=1S/C23H36N4O3/c1-18-5-3-4-6-20(18)17-27-12-9-24-23(29)21(27)15-22(28)25-16-19-7-10-26(11-8-19)13-14-30-2/h3-6,19,21H,7-17H2,1-2H3,(H,24,29)(H,25,28). The number of benzene rings is 1. The van der Waals surface area contributed by atoms with E-state index in [1.165, 1.54) is 11.1 Å². The zero-order valence-corrected chi connectivity index (χ0v) is 18.4. The predicted molar refractivity (Wildman–Crippen MR) is 117 cm³/mol. The molecule has 0 aliphatic carbocycles. The molecule has 2 heterocycles. The van der Waals surface area contributed by atoms with Crippen molar-refractivity contribution in [2.45, 2.75) is 38.8 Å². The van der Waals surface area contributed by atoms with Crippen molar-refractivity contribution in [2.24, 2.45) is 5.92 Å². The molecular weight excluding hydrogens is 380 g/mol. The monoisotopic (exact) mass is 416 g/mol. The van der Waals surface area contributed by atoms with Gasteiger partial charge in [0.25, 0.3) is 0 Å². The Morgan fingerprint density at radius 1 is 1.23 bits per heavy atom. The molecule has 2 fully saturated rings. The number of hydrogen-bond acceptors (Lipinski definition) is 5. The zero-order chi connectivity index (χ0) is 21.3. The van der Waals surface area contributed by atoms with Crippen molar-refractivity contribution >= 4 is 11.8 Å². The first kappa shape index (κ1) is 22.7. The van der Waals surface area contributed by atoms with Crippen molar-refractivity contribution < 1.29 is 14.3 Å². The van der Waals surface area contributed by atoms with Crippen molar-refractivity contribution in [2.75, 3.05) is 53.0 Å². The van der Waals surface area contributed by atoms with Gasteiger partial charge in [-0.15, -0.1) is 0 Å². The number of likely N-dealkylation sites (tertiary alicyclic amines) is 1. The summed E-state index contributed by atoms with van der Waals surface area (Å²) in [5.74, 6) is 0.432. The van der Waals surface area contributed by atoms with Crippen LogP contribution >= 0.6 is 0 Å². The van der Waals surface area contributed by atoms with E-state index >= 15 is 0 Å². The second-order valence-electron chi connectivity index (χ2n) is 8.49. The molecule has 7 nitrogen and oxygen atoms in total. The minimum atomic E-state index is -0.408. The molecule has 166 valence electrons. The van der Waals surface area contributed by atoms with Crippen molar-refractivity contribution in [3.8, 4) is 0 Å². The van der Waals surface area contributed by atoms with E-state index in [4.69, 9.17) is 4.74 Å². The second-order valence-corrected chi connectivity index (χ2v) is 8.49. The Morgan fingerprint density at radius 2 is 2.00 bits per heavy atom. The number of amides is 2. The molecule has 0 radical (unpaired) electrons. The smallest absolute Gasteiger partial charge is 0.237 e. The van der Waals surface area contributed by atoms with Crippen LogP contribution in [0.5, 0.6) is 0 Å². The number of piperazine rings is 1. The first-order chi connectivity index (χ1) is 14.6. The number of ether oxygens (including phenoxy) is 1. The Bertz CT molecular complexity index is 703. The van der Waals surface area contributed by atoms with Crippen molar-refractivity contribution in [1.82, 2.24) is 20.4 Å². The van der Waals surface area contributed by atoms with Gasteiger partial charge in [-0.1, -0.05) is 24.3 Å². The third-order valence-electron chi connectivity index (χ3n) is 6.36. The SMILES string of the molecule is COCCN1CCC(CNC(=O)CC2C(=O)NCCN2Cc2ccccc2C)CC1. The molecule has 2 aliphatic rings. The lowest BCUT2D eigenvalue weighted by Gasteiger charge is -2.35. The van der Waals surface area contributed by atoms with Gasteiger partial charge in [0, 0.05) is 39.8 Å². The molecule has 2 aliphatic heterocycles. The van der Waals surface area contributed by atoms with Crippen LogP contribution in [0.1, 0.15) is 30.4 Å². The molecule has 0 saturated carbocycles. The molecule has 0 bridgehead atoms. The summed E-state index contributed by atoms with van der Waals surface area (Å²) in [4.78, 5) is 29.7. The second kappa shape index (κ2) is 11.4. The maximum atomic E-state index is 12.6. The molecule has 30 heavy (non-hydrogen) atoms. The van der Waals surface area contributed by atoms with E-state index in [-0.39, 0.29) is 18.2 Å². The Labute approximate surface area is 180 Å². The lowest BCUT2D eigenvalue weighted by atomic mass is 9.96. The highest BCUT2D eigenvalue weighted by Crippen LogP contribution is 2.18. The summed E-state index contributed by atoms with van der Waals surface area (Å²) in [6, 6.07) is 7.82. The minimum Gasteiger partial charge on any atom is -0.383 e. The molecule has 1 atom stereocenters. The van der Waals surface area contributed by atoms with Crippen LogP contribution in [0.4, 0.5) is 0 Å². The molecule has 1 aromatic carbocycles. The quantitative estimate of drug-likeness (QED) is 0.632. The molecule has 2 N–H and O–H groups in total. The average Bonchev–Trinajstić information content (AvgIpc) is 2.75. The summed E-state index contributed by atoms with van der Waals surface area (Å²) in [7, 11) is 1.73. The van der Waals surface area contributed by atoms with E-state index in [0.717, 1.165) is 45.6 Å². The molecule has 2 saturated heterocycles. The van der Waals surface area contributed by atoms with Crippen LogP contribution in [-0.2, 0) is 20.9 Å². The lowest BCUT2D eigenvalue weighted by Crippen LogP contribution is -2.56. The molecule has 1 unspecified atom stereocenters. The number of methoxy groups -OCH3 is 1. The largest absolute Gasteiger partial charge is 0.383 e. The Hall–Kier alpha value is -1.96. The summed E-state index contributed by atoms with van der Waals surface area (Å²) in [6.45, 7) is 8.72. The van der Waals surface area contributed by atoms with Gasteiger partial charge in [-0.2, -0.15) is 0 Å². The number of carbonyl (C=O) groups is 2. The van der Waals surface area contributed by atoms with E-state index in [9.17, 15) is 9.59 Å². The molecule has 7 heteroatoms. The third-order valence-corrected chi connectivity index (χ3v) is 6.36. The lowest BCUT2D eigenvalue weighted by molar-refractivity contribution is -0.134. The van der Waals surface area contributed by atoms with Crippen LogP contribution in [0.25, 0.3) is 0 Å². The van der Waals surface area contributed by atoms with Gasteiger partial charge in [0.1, 0.15) is 0 Å². The molecule has 0 aromatic heterocycles. The van der Waals surface area contributed by atoms with E-state index in [0.29, 0.717) is 25.6 Å².